The van der Waals surface area contributed by atoms with Crippen molar-refractivity contribution in [3.05, 3.63) is 12.2 Å². The topological polar surface area (TPSA) is 138 Å². The first kappa shape index (κ1) is 14.1. The van der Waals surface area contributed by atoms with Crippen molar-refractivity contribution in [3.63, 3.8) is 0 Å². The second-order valence-electron chi connectivity index (χ2n) is 5.24. The number of anilines is 1. The second kappa shape index (κ2) is 4.88. The minimum absolute atomic E-state index is 0.225. The summed E-state index contributed by atoms with van der Waals surface area (Å²) in [6.45, 7) is 1.04. The van der Waals surface area contributed by atoms with Gasteiger partial charge in [-0.1, -0.05) is 4.98 Å². The van der Waals surface area contributed by atoms with Crippen molar-refractivity contribution >= 4 is 17.0 Å². The summed E-state index contributed by atoms with van der Waals surface area (Å²) in [5, 5.41) is 32.6. The Labute approximate surface area is 120 Å². The Morgan fingerprint density at radius 2 is 2.29 bits per heavy atom. The smallest absolute Gasteiger partial charge is 0.305 e. The molecule has 0 bridgehead atoms. The number of nitrogens with one attached hydrogen (secondary N) is 3. The normalized spacial score (nSPS) is 32.7. The van der Waals surface area contributed by atoms with Gasteiger partial charge in [0.05, 0.1) is 6.61 Å². The fourth-order valence-corrected chi connectivity index (χ4v) is 2.58. The number of hydrogen-bond acceptors (Lipinski definition) is 7. The number of fused-ring (bicyclic) bond motifs is 1. The van der Waals surface area contributed by atoms with Crippen LogP contribution in [0.2, 0.25) is 0 Å². The molecule has 0 aromatic carbocycles. The number of hydrogen-bond donors (Lipinski definition) is 5. The van der Waals surface area contributed by atoms with Crippen LogP contribution in [-0.2, 0) is 4.74 Å². The van der Waals surface area contributed by atoms with E-state index >= 15 is 0 Å². The van der Waals surface area contributed by atoms with Gasteiger partial charge >= 0.3 is 5.65 Å². The molecule has 3 rings (SSSR count). The summed E-state index contributed by atoms with van der Waals surface area (Å²) < 4.78 is 5.52. The molecule has 21 heavy (non-hydrogen) atoms. The molecule has 4 atom stereocenters. The van der Waals surface area contributed by atoms with E-state index in [9.17, 15) is 15.3 Å². The Morgan fingerprint density at radius 3 is 2.90 bits per heavy atom. The molecule has 2 aromatic heterocycles. The number of aliphatic hydroxyl groups is 3. The van der Waals surface area contributed by atoms with E-state index in [0.717, 1.165) is 0 Å². The van der Waals surface area contributed by atoms with Crippen LogP contribution in [0.4, 0.5) is 5.82 Å². The first-order valence-electron chi connectivity index (χ1n) is 6.60. The Kier molecular flexibility index (Phi) is 3.29. The summed E-state index contributed by atoms with van der Waals surface area (Å²) >= 11 is 0. The van der Waals surface area contributed by atoms with Gasteiger partial charge in [0.15, 0.2) is 18.2 Å². The van der Waals surface area contributed by atoms with Crippen LogP contribution < -0.4 is 10.3 Å². The number of ether oxygens (including phenoxy) is 1. The van der Waals surface area contributed by atoms with Crippen LogP contribution in [0, 0.1) is 0 Å². The number of imidazole rings is 1. The maximum atomic E-state index is 10.5. The van der Waals surface area contributed by atoms with Crippen LogP contribution in [0.1, 0.15) is 18.9 Å². The Balaban J connectivity index is 2.07. The number of aliphatic hydroxyl groups excluding tert-OH is 2. The lowest BCUT2D eigenvalue weighted by Crippen LogP contribution is -2.43. The van der Waals surface area contributed by atoms with E-state index in [4.69, 9.17) is 4.74 Å². The fourth-order valence-electron chi connectivity index (χ4n) is 2.58. The third-order valence-corrected chi connectivity index (χ3v) is 3.80. The Morgan fingerprint density at radius 1 is 1.52 bits per heavy atom. The molecule has 1 fully saturated rings. The summed E-state index contributed by atoms with van der Waals surface area (Å²) in [5.74, 6) is 0.764. The SMILES string of the molecule is CNc1nc([C@@H]2O[C@H](CO)[C@@H](O)[C@@]2(C)O)nc2[nH+]c[nH]c12. The quantitative estimate of drug-likeness (QED) is 0.458. The molecule has 9 nitrogen and oxygen atoms in total. The largest absolute Gasteiger partial charge is 0.394 e. The highest BCUT2D eigenvalue weighted by atomic mass is 16.6. The molecule has 0 radical (unpaired) electrons. The van der Waals surface area contributed by atoms with Gasteiger partial charge in [-0.3, -0.25) is 4.98 Å². The first-order chi connectivity index (χ1) is 9.98. The van der Waals surface area contributed by atoms with Crippen LogP contribution in [0.3, 0.4) is 0 Å². The average Bonchev–Trinajstić information content (AvgIpc) is 3.02. The lowest BCUT2D eigenvalue weighted by molar-refractivity contribution is -0.347. The molecule has 6 N–H and O–H groups in total. The zero-order valence-corrected chi connectivity index (χ0v) is 11.7. The summed E-state index contributed by atoms with van der Waals surface area (Å²) in [6, 6.07) is 0. The van der Waals surface area contributed by atoms with E-state index in [2.05, 4.69) is 25.3 Å². The van der Waals surface area contributed by atoms with Crippen molar-refractivity contribution in [2.24, 2.45) is 0 Å². The van der Waals surface area contributed by atoms with Crippen molar-refractivity contribution in [1.82, 2.24) is 15.0 Å². The average molecular weight is 296 g/mol. The number of aromatic nitrogens is 4. The standard InChI is InChI=1S/C12H17N5O4/c1-12(20)7(19)5(3-18)21-8(12)11-16-9(13-2)6-10(17-11)15-4-14-6/h4-5,7-8,18-20H,3H2,1-2H3,(H2,13,14,15,16,17)/p+1/t5-,7-,8+,12-/m1/s1. The maximum absolute atomic E-state index is 10.5. The lowest BCUT2D eigenvalue weighted by atomic mass is 9.92. The number of aromatic amines is 2. The highest BCUT2D eigenvalue weighted by Gasteiger charge is 2.54. The minimum Gasteiger partial charge on any atom is -0.394 e. The molecule has 114 valence electrons. The molecule has 0 spiro atoms. The van der Waals surface area contributed by atoms with Crippen LogP contribution in [0.25, 0.3) is 11.2 Å². The van der Waals surface area contributed by atoms with Gasteiger partial charge in [-0.25, -0.2) is 4.98 Å². The van der Waals surface area contributed by atoms with Crippen LogP contribution in [0.5, 0.6) is 0 Å². The molecule has 0 unspecified atom stereocenters. The van der Waals surface area contributed by atoms with Crippen LogP contribution in [-0.4, -0.2) is 61.7 Å². The van der Waals surface area contributed by atoms with Gasteiger partial charge in [0.2, 0.25) is 11.3 Å². The molecule has 0 aliphatic carbocycles. The zero-order chi connectivity index (χ0) is 15.2. The van der Waals surface area contributed by atoms with Crippen molar-refractivity contribution < 1.29 is 25.0 Å². The van der Waals surface area contributed by atoms with Gasteiger partial charge in [-0.2, -0.15) is 4.98 Å². The predicted octanol–water partition coefficient (Wildman–Crippen LogP) is -1.64. The second-order valence-corrected chi connectivity index (χ2v) is 5.24. The van der Waals surface area contributed by atoms with Crippen molar-refractivity contribution in [2.45, 2.75) is 30.8 Å². The molecular formula is C12H18N5O4+. The van der Waals surface area contributed by atoms with Gasteiger partial charge in [-0.15, -0.1) is 0 Å². The van der Waals surface area contributed by atoms with E-state index in [1.165, 1.54) is 6.92 Å². The number of H-pyrrole nitrogens is 2. The molecule has 0 amide bonds. The van der Waals surface area contributed by atoms with Crippen LogP contribution in [0.15, 0.2) is 6.33 Å². The number of rotatable bonds is 3. The van der Waals surface area contributed by atoms with Gasteiger partial charge in [0.1, 0.15) is 17.8 Å². The van der Waals surface area contributed by atoms with E-state index < -0.39 is 30.5 Å². The summed E-state index contributed by atoms with van der Waals surface area (Å²) in [6.07, 6.45) is -1.43. The summed E-state index contributed by atoms with van der Waals surface area (Å²) in [7, 11) is 1.71. The molecule has 3 heterocycles. The van der Waals surface area contributed by atoms with Gasteiger partial charge in [0, 0.05) is 7.05 Å². The Hall–Kier alpha value is -1.81. The van der Waals surface area contributed by atoms with E-state index in [0.29, 0.717) is 17.0 Å². The third kappa shape index (κ3) is 2.05. The summed E-state index contributed by atoms with van der Waals surface area (Å²) in [5.41, 5.74) is -0.355. The van der Waals surface area contributed by atoms with Crippen molar-refractivity contribution in [2.75, 3.05) is 19.0 Å². The molecule has 0 saturated carbocycles. The summed E-state index contributed by atoms with van der Waals surface area (Å²) in [4.78, 5) is 14.5. The highest BCUT2D eigenvalue weighted by molar-refractivity contribution is 5.79. The maximum Gasteiger partial charge on any atom is 0.305 e. The third-order valence-electron chi connectivity index (χ3n) is 3.80. The fraction of sp³-hybridized carbons (Fsp3) is 0.583. The predicted molar refractivity (Wildman–Crippen MR) is 71.3 cm³/mol. The van der Waals surface area contributed by atoms with Crippen molar-refractivity contribution in [3.8, 4) is 0 Å². The lowest BCUT2D eigenvalue weighted by Gasteiger charge is -2.24. The Bertz CT molecular complexity index is 658. The van der Waals surface area contributed by atoms with Crippen LogP contribution >= 0.6 is 0 Å². The van der Waals surface area contributed by atoms with Gasteiger partial charge in [-0.05, 0) is 6.92 Å². The van der Waals surface area contributed by atoms with E-state index in [1.807, 2.05) is 0 Å². The minimum atomic E-state index is -1.59. The molecule has 1 aliphatic heterocycles. The van der Waals surface area contributed by atoms with Gasteiger partial charge < -0.3 is 25.4 Å². The molecule has 9 heteroatoms. The number of nitrogens with zero attached hydrogens (tertiary/aromatic N) is 2. The van der Waals surface area contributed by atoms with Gasteiger partial charge in [0.25, 0.3) is 0 Å². The first-order valence-corrected chi connectivity index (χ1v) is 6.60. The zero-order valence-electron chi connectivity index (χ0n) is 11.7. The highest BCUT2D eigenvalue weighted by Crippen LogP contribution is 2.40. The molecule has 1 saturated heterocycles. The van der Waals surface area contributed by atoms with E-state index in [1.54, 1.807) is 13.4 Å². The van der Waals surface area contributed by atoms with Crippen molar-refractivity contribution in [1.29, 1.82) is 0 Å². The molecule has 1 aliphatic rings. The van der Waals surface area contributed by atoms with E-state index in [-0.39, 0.29) is 5.82 Å². The molecular weight excluding hydrogens is 278 g/mol. The monoisotopic (exact) mass is 296 g/mol. The molecule has 2 aromatic rings.